The quantitative estimate of drug-likeness (QED) is 0.844. The zero-order valence-electron chi connectivity index (χ0n) is 10.6. The molecule has 18 heavy (non-hydrogen) atoms. The summed E-state index contributed by atoms with van der Waals surface area (Å²) in [7, 11) is 3.61. The van der Waals surface area contributed by atoms with Gasteiger partial charge in [-0.25, -0.2) is 4.79 Å². The molecule has 5 heteroatoms. The maximum Gasteiger partial charge on any atom is 0.419 e. The number of rotatable bonds is 3. The number of aryl methyl sites for hydroxylation is 1. The lowest BCUT2D eigenvalue weighted by Crippen LogP contribution is -2.38. The fourth-order valence-electron chi connectivity index (χ4n) is 2.55. The lowest BCUT2D eigenvalue weighted by Gasteiger charge is -2.23. The first-order valence-electron chi connectivity index (χ1n) is 6.11. The Labute approximate surface area is 105 Å². The fraction of sp³-hybridized carbons (Fsp3) is 0.462. The van der Waals surface area contributed by atoms with Gasteiger partial charge in [-0.05, 0) is 37.6 Å². The van der Waals surface area contributed by atoms with Crippen LogP contribution in [0.2, 0.25) is 0 Å². The third kappa shape index (κ3) is 1.59. The molecule has 1 fully saturated rings. The average Bonchev–Trinajstić information content (AvgIpc) is 3.01. The van der Waals surface area contributed by atoms with Crippen molar-refractivity contribution in [2.24, 2.45) is 12.8 Å². The first kappa shape index (κ1) is 11.5. The van der Waals surface area contributed by atoms with E-state index in [2.05, 4.69) is 5.32 Å². The van der Waals surface area contributed by atoms with Gasteiger partial charge in [-0.3, -0.25) is 4.57 Å². The Kier molecular flexibility index (Phi) is 2.36. The Morgan fingerprint density at radius 1 is 1.50 bits per heavy atom. The van der Waals surface area contributed by atoms with Crippen LogP contribution in [0.15, 0.2) is 27.4 Å². The van der Waals surface area contributed by atoms with Gasteiger partial charge < -0.3 is 15.5 Å². The molecule has 1 aliphatic carbocycles. The Hall–Kier alpha value is -1.59. The first-order valence-corrected chi connectivity index (χ1v) is 6.11. The summed E-state index contributed by atoms with van der Waals surface area (Å²) in [5.74, 6) is -0.336. The van der Waals surface area contributed by atoms with Gasteiger partial charge in [-0.1, -0.05) is 6.07 Å². The third-order valence-corrected chi connectivity index (χ3v) is 3.84. The second-order valence-electron chi connectivity index (χ2n) is 5.11. The molecule has 0 radical (unpaired) electrons. The number of likely N-dealkylation sites (N-methyl/N-ethyl adjacent to an activating group) is 1. The van der Waals surface area contributed by atoms with Crippen LogP contribution in [0.25, 0.3) is 11.1 Å². The lowest BCUT2D eigenvalue weighted by atomic mass is 9.98. The minimum absolute atomic E-state index is 0.104. The molecule has 2 aromatic rings. The highest BCUT2D eigenvalue weighted by atomic mass is 16.4. The molecule has 0 bridgehead atoms. The summed E-state index contributed by atoms with van der Waals surface area (Å²) < 4.78 is 6.71. The predicted molar refractivity (Wildman–Crippen MR) is 69.4 cm³/mol. The fourth-order valence-corrected chi connectivity index (χ4v) is 2.55. The molecule has 0 aliphatic heterocycles. The van der Waals surface area contributed by atoms with E-state index in [-0.39, 0.29) is 17.3 Å². The minimum atomic E-state index is -0.336. The van der Waals surface area contributed by atoms with Gasteiger partial charge in [-0.2, -0.15) is 0 Å². The molecule has 0 saturated heterocycles. The van der Waals surface area contributed by atoms with Gasteiger partial charge >= 0.3 is 5.76 Å². The highest BCUT2D eigenvalue weighted by Gasteiger charge is 2.45. The topological polar surface area (TPSA) is 73.2 Å². The number of fused-ring (bicyclic) bond motifs is 1. The van der Waals surface area contributed by atoms with Gasteiger partial charge in [0.05, 0.1) is 11.6 Å². The van der Waals surface area contributed by atoms with E-state index in [1.165, 1.54) is 4.57 Å². The van der Waals surface area contributed by atoms with Gasteiger partial charge in [0.2, 0.25) is 0 Å². The Bertz CT molecular complexity index is 652. The average molecular weight is 247 g/mol. The van der Waals surface area contributed by atoms with E-state index in [0.717, 1.165) is 23.9 Å². The highest BCUT2D eigenvalue weighted by Crippen LogP contribution is 2.43. The second-order valence-corrected chi connectivity index (χ2v) is 5.11. The number of nitrogens with two attached hydrogens (primary N) is 1. The SMILES string of the molecule is CNC(c1ccc2c(c1)oc(=O)n2C)C1(N)CC1. The zero-order chi connectivity index (χ0) is 12.9. The maximum atomic E-state index is 11.5. The van der Waals surface area contributed by atoms with Crippen molar-refractivity contribution in [1.82, 2.24) is 9.88 Å². The number of aromatic nitrogens is 1. The summed E-state index contributed by atoms with van der Waals surface area (Å²) in [4.78, 5) is 11.5. The molecule has 1 unspecified atom stereocenters. The molecule has 1 aliphatic rings. The molecule has 1 saturated carbocycles. The van der Waals surface area contributed by atoms with Crippen molar-refractivity contribution >= 4 is 11.1 Å². The van der Waals surface area contributed by atoms with E-state index in [1.54, 1.807) is 7.05 Å². The van der Waals surface area contributed by atoms with Gasteiger partial charge in [0.25, 0.3) is 0 Å². The molecular weight excluding hydrogens is 230 g/mol. The summed E-state index contributed by atoms with van der Waals surface area (Å²) in [6, 6.07) is 5.93. The number of benzene rings is 1. The summed E-state index contributed by atoms with van der Waals surface area (Å²) >= 11 is 0. The molecule has 1 heterocycles. The molecule has 1 aromatic carbocycles. The number of nitrogens with one attached hydrogen (secondary N) is 1. The van der Waals surface area contributed by atoms with Crippen LogP contribution < -0.4 is 16.8 Å². The molecule has 0 amide bonds. The molecule has 1 atom stereocenters. The molecule has 0 spiro atoms. The lowest BCUT2D eigenvalue weighted by molar-refractivity contribution is 0.461. The number of nitrogens with zero attached hydrogens (tertiary/aromatic N) is 1. The van der Waals surface area contributed by atoms with Crippen LogP contribution in [0, 0.1) is 0 Å². The van der Waals surface area contributed by atoms with Crippen LogP contribution >= 0.6 is 0 Å². The minimum Gasteiger partial charge on any atom is -0.408 e. The summed E-state index contributed by atoms with van der Waals surface area (Å²) in [5.41, 5.74) is 8.59. The molecule has 96 valence electrons. The van der Waals surface area contributed by atoms with Crippen molar-refractivity contribution in [2.45, 2.75) is 24.4 Å². The van der Waals surface area contributed by atoms with Crippen LogP contribution in [0.5, 0.6) is 0 Å². The smallest absolute Gasteiger partial charge is 0.408 e. The van der Waals surface area contributed by atoms with Crippen LogP contribution in [0.4, 0.5) is 0 Å². The zero-order valence-corrected chi connectivity index (χ0v) is 10.6. The van der Waals surface area contributed by atoms with Crippen molar-refractivity contribution < 1.29 is 4.42 Å². The van der Waals surface area contributed by atoms with Crippen LogP contribution in [0.3, 0.4) is 0 Å². The normalized spacial score (nSPS) is 19.1. The van der Waals surface area contributed by atoms with Crippen LogP contribution in [-0.4, -0.2) is 17.2 Å². The summed E-state index contributed by atoms with van der Waals surface area (Å²) in [6.07, 6.45) is 2.05. The first-order chi connectivity index (χ1) is 8.55. The maximum absolute atomic E-state index is 11.5. The van der Waals surface area contributed by atoms with Crippen molar-refractivity contribution in [3.05, 3.63) is 34.3 Å². The van der Waals surface area contributed by atoms with Crippen LogP contribution in [0.1, 0.15) is 24.4 Å². The molecule has 3 rings (SSSR count). The Morgan fingerprint density at radius 3 is 2.83 bits per heavy atom. The van der Waals surface area contributed by atoms with E-state index >= 15 is 0 Å². The molecule has 5 nitrogen and oxygen atoms in total. The van der Waals surface area contributed by atoms with Crippen molar-refractivity contribution in [3.63, 3.8) is 0 Å². The van der Waals surface area contributed by atoms with E-state index in [0.29, 0.717) is 5.58 Å². The Balaban J connectivity index is 2.10. The molecule has 3 N–H and O–H groups in total. The van der Waals surface area contributed by atoms with Gasteiger partial charge in [0.1, 0.15) is 0 Å². The number of oxazole rings is 1. The van der Waals surface area contributed by atoms with Crippen molar-refractivity contribution in [2.75, 3.05) is 7.05 Å². The van der Waals surface area contributed by atoms with E-state index in [9.17, 15) is 4.79 Å². The third-order valence-electron chi connectivity index (χ3n) is 3.84. The number of hydrogen-bond donors (Lipinski definition) is 2. The van der Waals surface area contributed by atoms with E-state index < -0.39 is 0 Å². The molecular formula is C13H17N3O2. The molecule has 1 aromatic heterocycles. The number of hydrogen-bond acceptors (Lipinski definition) is 4. The monoisotopic (exact) mass is 247 g/mol. The van der Waals surface area contributed by atoms with Crippen molar-refractivity contribution in [1.29, 1.82) is 0 Å². The Morgan fingerprint density at radius 2 is 2.22 bits per heavy atom. The second kappa shape index (κ2) is 3.70. The van der Waals surface area contributed by atoms with Gasteiger partial charge in [-0.15, -0.1) is 0 Å². The van der Waals surface area contributed by atoms with E-state index in [4.69, 9.17) is 10.2 Å². The summed E-state index contributed by atoms with van der Waals surface area (Å²) in [6.45, 7) is 0. The van der Waals surface area contributed by atoms with Crippen LogP contribution in [-0.2, 0) is 7.05 Å². The predicted octanol–water partition coefficient (Wildman–Crippen LogP) is 0.883. The largest absolute Gasteiger partial charge is 0.419 e. The summed E-state index contributed by atoms with van der Waals surface area (Å²) in [5, 5.41) is 3.26. The standard InChI is InChI=1S/C13H17N3O2/c1-15-11(13(14)5-6-13)8-3-4-9-10(7-8)18-12(17)16(9)2/h3-4,7,11,15H,5-6,14H2,1-2H3. The van der Waals surface area contributed by atoms with E-state index in [1.807, 2.05) is 25.2 Å². The van der Waals surface area contributed by atoms with Gasteiger partial charge in [0, 0.05) is 12.6 Å². The highest BCUT2D eigenvalue weighted by molar-refractivity contribution is 5.74. The van der Waals surface area contributed by atoms with Crippen molar-refractivity contribution in [3.8, 4) is 0 Å². The van der Waals surface area contributed by atoms with Gasteiger partial charge in [0.15, 0.2) is 5.58 Å².